The molecule has 1 aromatic heterocycles. The lowest BCUT2D eigenvalue weighted by Crippen LogP contribution is -2.50. The van der Waals surface area contributed by atoms with Gasteiger partial charge in [0.15, 0.2) is 5.78 Å². The number of carbonyl (C=O) groups excluding carboxylic acids is 2. The molecule has 2 fully saturated rings. The van der Waals surface area contributed by atoms with Crippen LogP contribution in [0.5, 0.6) is 0 Å². The average molecular weight is 447 g/mol. The van der Waals surface area contributed by atoms with E-state index in [2.05, 4.69) is 16.8 Å². The fraction of sp³-hybridized carbons (Fsp3) is 0.609. The van der Waals surface area contributed by atoms with Crippen molar-refractivity contribution in [3.8, 4) is 0 Å². The number of imidazole rings is 1. The van der Waals surface area contributed by atoms with Crippen molar-refractivity contribution in [1.29, 1.82) is 0 Å². The Hall–Kier alpha value is -2.52. The van der Waals surface area contributed by atoms with E-state index >= 15 is 0 Å². The number of likely N-dealkylation sites (tertiary alicyclic amines) is 2. The third-order valence-corrected chi connectivity index (χ3v) is 7.13. The highest BCUT2D eigenvalue weighted by molar-refractivity contribution is 5.97. The highest BCUT2D eigenvalue weighted by Gasteiger charge is 2.33. The van der Waals surface area contributed by atoms with Gasteiger partial charge in [0.2, 0.25) is 5.91 Å². The lowest BCUT2D eigenvalue weighted by molar-refractivity contribution is -0.137. The number of H-pyrrole nitrogens is 1. The molecule has 2 aliphatic heterocycles. The number of methoxy groups -OCH3 is 1. The van der Waals surface area contributed by atoms with Crippen molar-refractivity contribution in [2.45, 2.75) is 51.2 Å². The Kier molecular flexibility index (Phi) is 6.22. The first-order chi connectivity index (χ1) is 15.2. The third-order valence-electron chi connectivity index (χ3n) is 7.13. The van der Waals surface area contributed by atoms with Gasteiger partial charge in [0, 0.05) is 45.4 Å². The van der Waals surface area contributed by atoms with Crippen LogP contribution < -0.4 is 5.69 Å². The van der Waals surface area contributed by atoms with Gasteiger partial charge in [-0.15, -0.1) is 0 Å². The first-order valence-electron chi connectivity index (χ1n) is 11.2. The van der Waals surface area contributed by atoms with Gasteiger partial charge in [-0.1, -0.05) is 0 Å². The fourth-order valence-corrected chi connectivity index (χ4v) is 4.84. The highest BCUT2D eigenvalue weighted by atomic mass is 19.1. The zero-order chi connectivity index (χ0) is 23.0. The van der Waals surface area contributed by atoms with Crippen LogP contribution in [0.25, 0.3) is 11.0 Å². The second-order valence-corrected chi connectivity index (χ2v) is 9.25. The van der Waals surface area contributed by atoms with E-state index in [1.54, 1.807) is 11.7 Å². The molecule has 0 unspecified atom stereocenters. The van der Waals surface area contributed by atoms with Crippen LogP contribution in [0.1, 0.15) is 55.9 Å². The molecule has 0 saturated carbocycles. The van der Waals surface area contributed by atoms with E-state index in [0.717, 1.165) is 12.8 Å². The lowest BCUT2D eigenvalue weighted by Gasteiger charge is -2.39. The Morgan fingerprint density at radius 2 is 1.84 bits per heavy atom. The van der Waals surface area contributed by atoms with Crippen LogP contribution in [0.15, 0.2) is 16.9 Å². The molecular weight excluding hydrogens is 415 g/mol. The molecule has 2 aromatic rings. The van der Waals surface area contributed by atoms with Crippen molar-refractivity contribution >= 4 is 22.7 Å². The molecule has 0 bridgehead atoms. The SMILES string of the molecule is COC1(C)CCN(C(=O)CN2CCC(n3c(=O)[nH]c4cc(C(C)=O)c(F)cc43)CC2)CC1. The van der Waals surface area contributed by atoms with E-state index in [-0.39, 0.29) is 34.6 Å². The van der Waals surface area contributed by atoms with Gasteiger partial charge in [-0.3, -0.25) is 19.1 Å². The molecule has 32 heavy (non-hydrogen) atoms. The fourth-order valence-electron chi connectivity index (χ4n) is 4.84. The number of fused-ring (bicyclic) bond motifs is 1. The largest absolute Gasteiger partial charge is 0.378 e. The summed E-state index contributed by atoms with van der Waals surface area (Å²) in [7, 11) is 1.72. The molecule has 1 amide bonds. The molecule has 0 spiro atoms. The van der Waals surface area contributed by atoms with Crippen LogP contribution in [-0.4, -0.2) is 76.5 Å². The van der Waals surface area contributed by atoms with E-state index in [4.69, 9.17) is 4.74 Å². The van der Waals surface area contributed by atoms with Crippen LogP contribution in [0, 0.1) is 5.82 Å². The van der Waals surface area contributed by atoms with Crippen LogP contribution in [0.2, 0.25) is 0 Å². The maximum atomic E-state index is 14.4. The van der Waals surface area contributed by atoms with Crippen molar-refractivity contribution in [2.75, 3.05) is 39.8 Å². The molecule has 0 radical (unpaired) electrons. The van der Waals surface area contributed by atoms with E-state index in [9.17, 15) is 18.8 Å². The summed E-state index contributed by atoms with van der Waals surface area (Å²) < 4.78 is 21.5. The minimum Gasteiger partial charge on any atom is -0.378 e. The number of benzene rings is 1. The van der Waals surface area contributed by atoms with E-state index < -0.39 is 5.82 Å². The minimum atomic E-state index is -0.619. The molecule has 3 heterocycles. The maximum absolute atomic E-state index is 14.4. The summed E-state index contributed by atoms with van der Waals surface area (Å²) in [6.45, 7) is 6.54. The first-order valence-corrected chi connectivity index (χ1v) is 11.2. The van der Waals surface area contributed by atoms with Gasteiger partial charge in [-0.25, -0.2) is 9.18 Å². The quantitative estimate of drug-likeness (QED) is 0.713. The van der Waals surface area contributed by atoms with Crippen molar-refractivity contribution in [2.24, 2.45) is 0 Å². The predicted octanol–water partition coefficient (Wildman–Crippen LogP) is 2.34. The van der Waals surface area contributed by atoms with Crippen LogP contribution >= 0.6 is 0 Å². The van der Waals surface area contributed by atoms with Gasteiger partial charge in [0.05, 0.1) is 28.7 Å². The molecule has 9 heteroatoms. The van der Waals surface area contributed by atoms with Crippen molar-refractivity contribution in [3.63, 3.8) is 0 Å². The predicted molar refractivity (Wildman–Crippen MR) is 118 cm³/mol. The molecule has 174 valence electrons. The summed E-state index contributed by atoms with van der Waals surface area (Å²) >= 11 is 0. The summed E-state index contributed by atoms with van der Waals surface area (Å²) in [6.07, 6.45) is 3.06. The Morgan fingerprint density at radius 3 is 2.44 bits per heavy atom. The number of nitrogens with one attached hydrogen (secondary N) is 1. The van der Waals surface area contributed by atoms with Crippen molar-refractivity contribution in [1.82, 2.24) is 19.4 Å². The van der Waals surface area contributed by atoms with Gasteiger partial charge in [0.25, 0.3) is 0 Å². The summed E-state index contributed by atoms with van der Waals surface area (Å²) in [5, 5.41) is 0. The van der Waals surface area contributed by atoms with Gasteiger partial charge in [-0.05, 0) is 45.6 Å². The number of piperidine rings is 2. The number of hydrogen-bond acceptors (Lipinski definition) is 5. The summed E-state index contributed by atoms with van der Waals surface area (Å²) in [6, 6.07) is 2.60. The third kappa shape index (κ3) is 4.36. The normalized spacial score (nSPS) is 20.1. The number of aromatic nitrogens is 2. The molecule has 4 rings (SSSR count). The molecule has 1 N–H and O–H groups in total. The second kappa shape index (κ2) is 8.78. The monoisotopic (exact) mass is 446 g/mol. The van der Waals surface area contributed by atoms with E-state index in [0.29, 0.717) is 56.6 Å². The van der Waals surface area contributed by atoms with Gasteiger partial charge in [-0.2, -0.15) is 0 Å². The Labute approximate surface area is 186 Å². The second-order valence-electron chi connectivity index (χ2n) is 9.25. The van der Waals surface area contributed by atoms with Crippen molar-refractivity contribution in [3.05, 3.63) is 34.0 Å². The van der Waals surface area contributed by atoms with Gasteiger partial charge in [0.1, 0.15) is 5.82 Å². The summed E-state index contributed by atoms with van der Waals surface area (Å²) in [5.74, 6) is -0.867. The molecular formula is C23H31FN4O4. The number of halogens is 1. The highest BCUT2D eigenvalue weighted by Crippen LogP contribution is 2.28. The summed E-state index contributed by atoms with van der Waals surface area (Å²) in [5.41, 5.74) is 0.465. The standard InChI is InChI=1S/C23H31FN4O4/c1-15(29)17-12-19-20(13-18(17)24)28(22(31)25-19)16-4-8-26(9-5-16)14-21(30)27-10-6-23(2,32-3)7-11-27/h12-13,16H,4-11,14H2,1-3H3,(H,25,31). The lowest BCUT2D eigenvalue weighted by atomic mass is 9.93. The number of amides is 1. The molecule has 2 saturated heterocycles. The number of Topliss-reactive ketones (excluding diaryl/α,β-unsaturated/α-hetero) is 1. The number of aromatic amines is 1. The van der Waals surface area contributed by atoms with Gasteiger partial charge >= 0.3 is 5.69 Å². The van der Waals surface area contributed by atoms with Gasteiger partial charge < -0.3 is 14.6 Å². The number of carbonyl (C=O) groups is 2. The Morgan fingerprint density at radius 1 is 1.19 bits per heavy atom. The molecule has 0 atom stereocenters. The zero-order valence-corrected chi connectivity index (χ0v) is 18.9. The first kappa shape index (κ1) is 22.7. The molecule has 8 nitrogen and oxygen atoms in total. The Bertz CT molecular complexity index is 1080. The number of ether oxygens (including phenoxy) is 1. The molecule has 0 aliphatic carbocycles. The zero-order valence-electron chi connectivity index (χ0n) is 18.9. The Balaban J connectivity index is 1.39. The number of hydrogen-bond donors (Lipinski definition) is 1. The van der Waals surface area contributed by atoms with Crippen LogP contribution in [-0.2, 0) is 9.53 Å². The van der Waals surface area contributed by atoms with Crippen LogP contribution in [0.4, 0.5) is 4.39 Å². The number of nitrogens with zero attached hydrogens (tertiary/aromatic N) is 3. The smallest absolute Gasteiger partial charge is 0.326 e. The van der Waals surface area contributed by atoms with Crippen LogP contribution in [0.3, 0.4) is 0 Å². The molecule has 1 aromatic carbocycles. The maximum Gasteiger partial charge on any atom is 0.326 e. The van der Waals surface area contributed by atoms with E-state index in [1.165, 1.54) is 19.1 Å². The number of ketones is 1. The number of rotatable bonds is 5. The van der Waals surface area contributed by atoms with Crippen molar-refractivity contribution < 1.29 is 18.7 Å². The molecule has 2 aliphatic rings. The van der Waals surface area contributed by atoms with E-state index in [1.807, 2.05) is 4.90 Å². The average Bonchev–Trinajstić information content (AvgIpc) is 3.08. The summed E-state index contributed by atoms with van der Waals surface area (Å²) in [4.78, 5) is 43.7. The minimum absolute atomic E-state index is 0.0252. The topological polar surface area (TPSA) is 87.6 Å².